The average molecular weight is 381 g/mol. The van der Waals surface area contributed by atoms with Crippen molar-refractivity contribution in [3.05, 3.63) is 35.6 Å². The number of hydrogen-bond acceptors (Lipinski definition) is 4. The van der Waals surface area contributed by atoms with Crippen LogP contribution in [0.3, 0.4) is 0 Å². The third-order valence-corrected chi connectivity index (χ3v) is 4.78. The summed E-state index contributed by atoms with van der Waals surface area (Å²) < 4.78 is 18.5. The molecule has 0 aliphatic carbocycles. The Balaban J connectivity index is 1.94. The van der Waals surface area contributed by atoms with E-state index in [1.807, 2.05) is 6.92 Å². The summed E-state index contributed by atoms with van der Waals surface area (Å²) in [6.45, 7) is 11.6. The largest absolute Gasteiger partial charge is 0.387 e. The lowest BCUT2D eigenvalue weighted by Gasteiger charge is -2.36. The topological polar surface area (TPSA) is 69.1 Å². The molecule has 0 aromatic heterocycles. The van der Waals surface area contributed by atoms with Gasteiger partial charge in [0.05, 0.1) is 25.9 Å². The van der Waals surface area contributed by atoms with E-state index in [1.54, 1.807) is 12.1 Å². The van der Waals surface area contributed by atoms with Gasteiger partial charge in [0.1, 0.15) is 5.82 Å². The van der Waals surface area contributed by atoms with E-state index in [9.17, 15) is 9.50 Å². The maximum absolute atomic E-state index is 13.0. The van der Waals surface area contributed by atoms with Crippen LogP contribution >= 0.6 is 0 Å². The van der Waals surface area contributed by atoms with Gasteiger partial charge in [-0.2, -0.15) is 0 Å². The second-order valence-electron chi connectivity index (χ2n) is 7.13. The van der Waals surface area contributed by atoms with Crippen molar-refractivity contribution in [3.8, 4) is 0 Å². The molecule has 27 heavy (non-hydrogen) atoms. The molecular formula is C20H33FN4O2. The summed E-state index contributed by atoms with van der Waals surface area (Å²) in [6, 6.07) is 6.25. The maximum atomic E-state index is 13.0. The molecule has 2 atom stereocenters. The molecule has 0 spiro atoms. The smallest absolute Gasteiger partial charge is 0.191 e. The molecule has 0 amide bonds. The number of aliphatic imine (C=N–C) groups is 1. The Labute approximate surface area is 161 Å². The normalized spacial score (nSPS) is 18.4. The summed E-state index contributed by atoms with van der Waals surface area (Å²) in [5, 5.41) is 16.7. The number of halogens is 1. The highest BCUT2D eigenvalue weighted by molar-refractivity contribution is 5.79. The predicted octanol–water partition coefficient (Wildman–Crippen LogP) is 1.77. The van der Waals surface area contributed by atoms with Crippen molar-refractivity contribution in [3.63, 3.8) is 0 Å². The fraction of sp³-hybridized carbons (Fsp3) is 0.650. The van der Waals surface area contributed by atoms with Gasteiger partial charge in [-0.15, -0.1) is 0 Å². The van der Waals surface area contributed by atoms with Crippen LogP contribution in [0.4, 0.5) is 4.39 Å². The molecule has 1 saturated heterocycles. The Kier molecular flexibility index (Phi) is 8.97. The number of aliphatic hydroxyl groups is 1. The Morgan fingerprint density at radius 3 is 2.48 bits per heavy atom. The van der Waals surface area contributed by atoms with Gasteiger partial charge in [0.25, 0.3) is 0 Å². The third kappa shape index (κ3) is 7.08. The molecule has 1 fully saturated rings. The minimum absolute atomic E-state index is 0.307. The zero-order valence-electron chi connectivity index (χ0n) is 16.6. The van der Waals surface area contributed by atoms with Gasteiger partial charge < -0.3 is 20.5 Å². The summed E-state index contributed by atoms with van der Waals surface area (Å²) in [5.41, 5.74) is 0.674. The SMILES string of the molecule is CCNC(=NCC(C(C)C)N1CCOCC1)NCC(O)c1ccc(F)cc1. The summed E-state index contributed by atoms with van der Waals surface area (Å²) in [4.78, 5) is 7.17. The van der Waals surface area contributed by atoms with E-state index in [0.717, 1.165) is 32.8 Å². The van der Waals surface area contributed by atoms with E-state index in [1.165, 1.54) is 12.1 Å². The molecular weight excluding hydrogens is 347 g/mol. The van der Waals surface area contributed by atoms with Crippen LogP contribution in [0.15, 0.2) is 29.3 Å². The first-order chi connectivity index (χ1) is 13.0. The van der Waals surface area contributed by atoms with E-state index in [-0.39, 0.29) is 5.82 Å². The van der Waals surface area contributed by atoms with Crippen molar-refractivity contribution in [2.24, 2.45) is 10.9 Å². The number of nitrogens with one attached hydrogen (secondary N) is 2. The van der Waals surface area contributed by atoms with Crippen LogP contribution in [0.25, 0.3) is 0 Å². The average Bonchev–Trinajstić information content (AvgIpc) is 2.67. The molecule has 152 valence electrons. The molecule has 1 aliphatic heterocycles. The Bertz CT molecular complexity index is 574. The van der Waals surface area contributed by atoms with E-state index in [0.29, 0.717) is 36.6 Å². The molecule has 0 saturated carbocycles. The predicted molar refractivity (Wildman–Crippen MR) is 106 cm³/mol. The molecule has 1 aromatic carbocycles. The van der Waals surface area contributed by atoms with E-state index in [2.05, 4.69) is 29.4 Å². The summed E-state index contributed by atoms with van der Waals surface area (Å²) in [5.74, 6) is 0.855. The van der Waals surface area contributed by atoms with Crippen molar-refractivity contribution in [2.75, 3.05) is 45.9 Å². The zero-order chi connectivity index (χ0) is 19.6. The van der Waals surface area contributed by atoms with Gasteiger partial charge in [0.15, 0.2) is 5.96 Å². The lowest BCUT2D eigenvalue weighted by atomic mass is 10.0. The van der Waals surface area contributed by atoms with Crippen molar-refractivity contribution in [1.29, 1.82) is 0 Å². The van der Waals surface area contributed by atoms with Crippen molar-refractivity contribution >= 4 is 5.96 Å². The summed E-state index contributed by atoms with van der Waals surface area (Å²) in [6.07, 6.45) is -0.727. The van der Waals surface area contributed by atoms with Gasteiger partial charge in [-0.05, 0) is 30.5 Å². The van der Waals surface area contributed by atoms with E-state index in [4.69, 9.17) is 9.73 Å². The third-order valence-electron chi connectivity index (χ3n) is 4.78. The van der Waals surface area contributed by atoms with Crippen LogP contribution in [-0.4, -0.2) is 67.9 Å². The molecule has 1 aliphatic rings. The first-order valence-corrected chi connectivity index (χ1v) is 9.78. The molecule has 1 heterocycles. The highest BCUT2D eigenvalue weighted by Gasteiger charge is 2.23. The van der Waals surface area contributed by atoms with Crippen molar-refractivity contribution < 1.29 is 14.2 Å². The van der Waals surface area contributed by atoms with Gasteiger partial charge in [-0.1, -0.05) is 26.0 Å². The van der Waals surface area contributed by atoms with Crippen LogP contribution in [0.5, 0.6) is 0 Å². The van der Waals surface area contributed by atoms with Crippen LogP contribution in [0.1, 0.15) is 32.4 Å². The van der Waals surface area contributed by atoms with Crippen LogP contribution in [-0.2, 0) is 4.74 Å². The Morgan fingerprint density at radius 2 is 1.89 bits per heavy atom. The fourth-order valence-corrected chi connectivity index (χ4v) is 3.18. The molecule has 2 unspecified atom stereocenters. The molecule has 1 aromatic rings. The zero-order valence-corrected chi connectivity index (χ0v) is 16.6. The number of hydrogen-bond donors (Lipinski definition) is 3. The second-order valence-corrected chi connectivity index (χ2v) is 7.13. The van der Waals surface area contributed by atoms with Crippen molar-refractivity contribution in [2.45, 2.75) is 32.9 Å². The number of nitrogens with zero attached hydrogens (tertiary/aromatic N) is 2. The number of morpholine rings is 1. The second kappa shape index (κ2) is 11.2. The number of ether oxygens (including phenoxy) is 1. The first-order valence-electron chi connectivity index (χ1n) is 9.78. The monoisotopic (exact) mass is 380 g/mol. The van der Waals surface area contributed by atoms with Gasteiger partial charge in [0, 0.05) is 32.2 Å². The van der Waals surface area contributed by atoms with Gasteiger partial charge in [-0.3, -0.25) is 9.89 Å². The number of aliphatic hydroxyl groups excluding tert-OH is 1. The maximum Gasteiger partial charge on any atom is 0.191 e. The Hall–Kier alpha value is -1.70. The number of guanidine groups is 1. The molecule has 2 rings (SSSR count). The molecule has 0 bridgehead atoms. The first kappa shape index (κ1) is 21.6. The summed E-state index contributed by atoms with van der Waals surface area (Å²) in [7, 11) is 0. The number of rotatable bonds is 8. The number of benzene rings is 1. The Morgan fingerprint density at radius 1 is 1.22 bits per heavy atom. The molecule has 3 N–H and O–H groups in total. The van der Waals surface area contributed by atoms with E-state index >= 15 is 0 Å². The highest BCUT2D eigenvalue weighted by atomic mass is 19.1. The molecule has 7 heteroatoms. The fourth-order valence-electron chi connectivity index (χ4n) is 3.18. The van der Waals surface area contributed by atoms with E-state index < -0.39 is 6.10 Å². The van der Waals surface area contributed by atoms with Crippen LogP contribution < -0.4 is 10.6 Å². The summed E-state index contributed by atoms with van der Waals surface area (Å²) >= 11 is 0. The van der Waals surface area contributed by atoms with Gasteiger partial charge in [0.2, 0.25) is 0 Å². The highest BCUT2D eigenvalue weighted by Crippen LogP contribution is 2.14. The van der Waals surface area contributed by atoms with Gasteiger partial charge >= 0.3 is 0 Å². The molecule has 0 radical (unpaired) electrons. The quantitative estimate of drug-likeness (QED) is 0.474. The standard InChI is InChI=1S/C20H33FN4O2/c1-4-22-20(24-14-19(26)16-5-7-17(21)8-6-16)23-13-18(15(2)3)25-9-11-27-12-10-25/h5-8,15,18-19,26H,4,9-14H2,1-3H3,(H2,22,23,24). The van der Waals surface area contributed by atoms with Crippen LogP contribution in [0.2, 0.25) is 0 Å². The van der Waals surface area contributed by atoms with Gasteiger partial charge in [-0.25, -0.2) is 4.39 Å². The van der Waals surface area contributed by atoms with Crippen LogP contribution in [0, 0.1) is 11.7 Å². The minimum atomic E-state index is -0.727. The lowest BCUT2D eigenvalue weighted by Crippen LogP contribution is -2.48. The lowest BCUT2D eigenvalue weighted by molar-refractivity contribution is 0.00867. The minimum Gasteiger partial charge on any atom is -0.387 e. The molecule has 6 nitrogen and oxygen atoms in total. The van der Waals surface area contributed by atoms with Crippen molar-refractivity contribution in [1.82, 2.24) is 15.5 Å².